The Kier molecular flexibility index (Phi) is 5.52. The van der Waals surface area contributed by atoms with Crippen LogP contribution in [0.1, 0.15) is 45.4 Å². The van der Waals surface area contributed by atoms with Crippen molar-refractivity contribution in [2.75, 3.05) is 18.4 Å². The fraction of sp³-hybridized carbons (Fsp3) is 0.600. The predicted octanol–water partition coefficient (Wildman–Crippen LogP) is 1.87. The molecule has 4 rings (SSSR count). The van der Waals surface area contributed by atoms with Crippen molar-refractivity contribution in [3.05, 3.63) is 18.2 Å². The highest BCUT2D eigenvalue weighted by atomic mass is 32.2. The number of nitrogens with zero attached hydrogens (tertiary/aromatic N) is 1. The van der Waals surface area contributed by atoms with Gasteiger partial charge < -0.3 is 15.4 Å². The normalized spacial score (nSPS) is 23.9. The second-order valence-corrected chi connectivity index (χ2v) is 10.0. The van der Waals surface area contributed by atoms with Crippen LogP contribution >= 0.6 is 0 Å². The van der Waals surface area contributed by atoms with Crippen LogP contribution in [0.5, 0.6) is 5.75 Å². The molecule has 2 fully saturated rings. The third-order valence-corrected chi connectivity index (χ3v) is 7.94. The molecule has 2 N–H and O–H groups in total. The molecule has 1 saturated heterocycles. The topological polar surface area (TPSA) is 105 Å². The molecular weight excluding hydrogens is 394 g/mol. The highest BCUT2D eigenvalue weighted by Gasteiger charge is 2.34. The summed E-state index contributed by atoms with van der Waals surface area (Å²) in [5, 5.41) is 5.80. The van der Waals surface area contributed by atoms with Crippen LogP contribution in [0, 0.1) is 5.92 Å². The zero-order valence-corrected chi connectivity index (χ0v) is 17.3. The average Bonchev–Trinajstić information content (AvgIpc) is 3.21. The van der Waals surface area contributed by atoms with Gasteiger partial charge in [-0.3, -0.25) is 9.59 Å². The standard InChI is InChI=1S/C20H27N3O5S/c1-13-19(24)22-17-12-16(6-7-18(17)28-13)29(26,27)23-10-8-14(9-11-23)20(25)21-15-4-2-3-5-15/h6-7,12-15H,2-5,8-11H2,1H3,(H,21,25)(H,22,24)/t13-/m0/s1. The van der Waals surface area contributed by atoms with E-state index in [0.717, 1.165) is 25.7 Å². The summed E-state index contributed by atoms with van der Waals surface area (Å²) in [6, 6.07) is 4.78. The summed E-state index contributed by atoms with van der Waals surface area (Å²) in [4.78, 5) is 24.4. The smallest absolute Gasteiger partial charge is 0.265 e. The fourth-order valence-electron chi connectivity index (χ4n) is 4.24. The van der Waals surface area contributed by atoms with Gasteiger partial charge in [-0.15, -0.1) is 0 Å². The number of benzene rings is 1. The van der Waals surface area contributed by atoms with Gasteiger partial charge in [0.15, 0.2) is 6.10 Å². The predicted molar refractivity (Wildman–Crippen MR) is 107 cm³/mol. The van der Waals surface area contributed by atoms with E-state index in [4.69, 9.17) is 4.74 Å². The molecule has 0 spiro atoms. The van der Waals surface area contributed by atoms with Crippen molar-refractivity contribution in [3.63, 3.8) is 0 Å². The molecule has 158 valence electrons. The number of amides is 2. The Hall–Kier alpha value is -2.13. The molecular formula is C20H27N3O5S. The van der Waals surface area contributed by atoms with Crippen LogP contribution in [0.25, 0.3) is 0 Å². The highest BCUT2D eigenvalue weighted by molar-refractivity contribution is 7.89. The third kappa shape index (κ3) is 4.11. The van der Waals surface area contributed by atoms with Gasteiger partial charge in [-0.2, -0.15) is 4.31 Å². The Bertz CT molecular complexity index is 903. The molecule has 2 heterocycles. The molecule has 29 heavy (non-hydrogen) atoms. The number of hydrogen-bond acceptors (Lipinski definition) is 5. The molecule has 0 radical (unpaired) electrons. The number of hydrogen-bond donors (Lipinski definition) is 2. The first-order valence-electron chi connectivity index (χ1n) is 10.3. The van der Waals surface area contributed by atoms with E-state index in [2.05, 4.69) is 10.6 Å². The van der Waals surface area contributed by atoms with E-state index >= 15 is 0 Å². The first-order chi connectivity index (χ1) is 13.8. The van der Waals surface area contributed by atoms with E-state index < -0.39 is 16.1 Å². The number of nitrogens with one attached hydrogen (secondary N) is 2. The van der Waals surface area contributed by atoms with Gasteiger partial charge in [-0.25, -0.2) is 8.42 Å². The van der Waals surface area contributed by atoms with E-state index in [-0.39, 0.29) is 28.7 Å². The van der Waals surface area contributed by atoms with Crippen molar-refractivity contribution in [1.82, 2.24) is 9.62 Å². The molecule has 1 atom stereocenters. The molecule has 1 saturated carbocycles. The van der Waals surface area contributed by atoms with Crippen molar-refractivity contribution in [1.29, 1.82) is 0 Å². The Morgan fingerprint density at radius 3 is 2.55 bits per heavy atom. The lowest BCUT2D eigenvalue weighted by atomic mass is 9.97. The van der Waals surface area contributed by atoms with Gasteiger partial charge in [-0.1, -0.05) is 12.8 Å². The van der Waals surface area contributed by atoms with Crippen LogP contribution in [0.4, 0.5) is 5.69 Å². The number of fused-ring (bicyclic) bond motifs is 1. The lowest BCUT2D eigenvalue weighted by molar-refractivity contribution is -0.126. The number of ether oxygens (including phenoxy) is 1. The van der Waals surface area contributed by atoms with Gasteiger partial charge >= 0.3 is 0 Å². The van der Waals surface area contributed by atoms with Crippen LogP contribution < -0.4 is 15.4 Å². The number of anilines is 1. The minimum atomic E-state index is -3.70. The molecule has 2 aliphatic heterocycles. The molecule has 0 aromatic heterocycles. The van der Waals surface area contributed by atoms with Gasteiger partial charge in [0.1, 0.15) is 5.75 Å². The molecule has 0 bridgehead atoms. The number of carbonyl (C=O) groups is 2. The zero-order chi connectivity index (χ0) is 20.6. The van der Waals surface area contributed by atoms with Crippen LogP contribution in [0.3, 0.4) is 0 Å². The van der Waals surface area contributed by atoms with Crippen molar-refractivity contribution in [3.8, 4) is 5.75 Å². The van der Waals surface area contributed by atoms with Crippen LogP contribution in [0.2, 0.25) is 0 Å². The summed E-state index contributed by atoms with van der Waals surface area (Å²) >= 11 is 0. The first kappa shape index (κ1) is 20.2. The largest absolute Gasteiger partial charge is 0.479 e. The van der Waals surface area contributed by atoms with E-state index in [0.29, 0.717) is 37.4 Å². The second-order valence-electron chi connectivity index (χ2n) is 8.08. The summed E-state index contributed by atoms with van der Waals surface area (Å²) in [6.45, 7) is 2.25. The van der Waals surface area contributed by atoms with Gasteiger partial charge in [0, 0.05) is 25.0 Å². The summed E-state index contributed by atoms with van der Waals surface area (Å²) in [6.07, 6.45) is 4.81. The zero-order valence-electron chi connectivity index (χ0n) is 16.5. The maximum atomic E-state index is 13.0. The Balaban J connectivity index is 1.41. The van der Waals surface area contributed by atoms with Crippen LogP contribution in [-0.2, 0) is 19.6 Å². The first-order valence-corrected chi connectivity index (χ1v) is 11.7. The number of carbonyl (C=O) groups excluding carboxylic acids is 2. The fourth-order valence-corrected chi connectivity index (χ4v) is 5.74. The number of piperidine rings is 1. The third-order valence-electron chi connectivity index (χ3n) is 6.05. The van der Waals surface area contributed by atoms with Crippen LogP contribution in [0.15, 0.2) is 23.1 Å². The number of sulfonamides is 1. The molecule has 9 heteroatoms. The highest BCUT2D eigenvalue weighted by Crippen LogP contribution is 2.33. The van der Waals surface area contributed by atoms with E-state index in [1.807, 2.05) is 0 Å². The molecule has 2 amide bonds. The van der Waals surface area contributed by atoms with Gasteiger partial charge in [-0.05, 0) is 50.8 Å². The van der Waals surface area contributed by atoms with Crippen molar-refractivity contribution < 1.29 is 22.7 Å². The van der Waals surface area contributed by atoms with E-state index in [1.165, 1.54) is 16.4 Å². The summed E-state index contributed by atoms with van der Waals surface area (Å²) < 4.78 is 33.0. The molecule has 8 nitrogen and oxygen atoms in total. The SMILES string of the molecule is C[C@@H]1Oc2ccc(S(=O)(=O)N3CCC(C(=O)NC4CCCC4)CC3)cc2NC1=O. The molecule has 1 aromatic carbocycles. The monoisotopic (exact) mass is 421 g/mol. The van der Waals surface area contributed by atoms with Crippen molar-refractivity contribution >= 4 is 27.5 Å². The maximum absolute atomic E-state index is 13.0. The lowest BCUT2D eigenvalue weighted by Gasteiger charge is -2.31. The maximum Gasteiger partial charge on any atom is 0.265 e. The molecule has 1 aromatic rings. The Morgan fingerprint density at radius 1 is 1.17 bits per heavy atom. The lowest BCUT2D eigenvalue weighted by Crippen LogP contribution is -2.44. The minimum Gasteiger partial charge on any atom is -0.479 e. The van der Waals surface area contributed by atoms with Gasteiger partial charge in [0.25, 0.3) is 5.91 Å². The summed E-state index contributed by atoms with van der Waals surface area (Å²) in [5.74, 6) is 0.0657. The van der Waals surface area contributed by atoms with E-state index in [1.54, 1.807) is 13.0 Å². The second kappa shape index (κ2) is 7.95. The summed E-state index contributed by atoms with van der Waals surface area (Å²) in [5.41, 5.74) is 0.361. The van der Waals surface area contributed by atoms with E-state index in [9.17, 15) is 18.0 Å². The quantitative estimate of drug-likeness (QED) is 0.772. The molecule has 0 unspecified atom stereocenters. The molecule has 1 aliphatic carbocycles. The Labute approximate surface area is 171 Å². The summed E-state index contributed by atoms with van der Waals surface area (Å²) in [7, 11) is -3.70. The number of rotatable bonds is 4. The Morgan fingerprint density at radius 2 is 1.86 bits per heavy atom. The molecule has 3 aliphatic rings. The van der Waals surface area contributed by atoms with Gasteiger partial charge in [0.2, 0.25) is 15.9 Å². The van der Waals surface area contributed by atoms with Gasteiger partial charge in [0.05, 0.1) is 10.6 Å². The van der Waals surface area contributed by atoms with Crippen LogP contribution in [-0.4, -0.2) is 49.8 Å². The van der Waals surface area contributed by atoms with Crippen molar-refractivity contribution in [2.24, 2.45) is 5.92 Å². The average molecular weight is 422 g/mol. The van der Waals surface area contributed by atoms with Crippen molar-refractivity contribution in [2.45, 2.75) is 62.5 Å². The minimum absolute atomic E-state index is 0.0525.